The van der Waals surface area contributed by atoms with Crippen LogP contribution < -0.4 is 5.32 Å². The summed E-state index contributed by atoms with van der Waals surface area (Å²) in [5, 5.41) is 4.14. The molecular formula is C19H26N4O3S. The second-order valence-corrected chi connectivity index (χ2v) is 8.91. The maximum atomic E-state index is 13.6. The molecule has 4 rings (SSSR count). The van der Waals surface area contributed by atoms with Gasteiger partial charge in [0, 0.05) is 50.3 Å². The summed E-state index contributed by atoms with van der Waals surface area (Å²) in [4.78, 5) is 6.93. The average molecular weight is 391 g/mol. The first-order chi connectivity index (χ1) is 13.2. The van der Waals surface area contributed by atoms with Crippen molar-refractivity contribution >= 4 is 20.9 Å². The Morgan fingerprint density at radius 2 is 2.04 bits per heavy atom. The van der Waals surface area contributed by atoms with Crippen molar-refractivity contribution < 1.29 is 13.2 Å². The maximum Gasteiger partial charge on any atom is 0.245 e. The Kier molecular flexibility index (Phi) is 5.70. The highest BCUT2D eigenvalue weighted by atomic mass is 32.2. The molecule has 1 unspecified atom stereocenters. The minimum atomic E-state index is -3.64. The molecule has 0 saturated carbocycles. The van der Waals surface area contributed by atoms with E-state index in [1.165, 1.54) is 0 Å². The Morgan fingerprint density at radius 3 is 2.81 bits per heavy atom. The van der Waals surface area contributed by atoms with Crippen LogP contribution in [0.15, 0.2) is 41.4 Å². The van der Waals surface area contributed by atoms with Crippen molar-refractivity contribution in [1.29, 1.82) is 0 Å². The normalized spacial score (nSPS) is 21.9. The predicted molar refractivity (Wildman–Crippen MR) is 104 cm³/mol. The van der Waals surface area contributed by atoms with Gasteiger partial charge in [0.05, 0.1) is 18.7 Å². The number of nitrogens with one attached hydrogen (secondary N) is 1. The van der Waals surface area contributed by atoms with E-state index in [0.717, 1.165) is 38.0 Å². The third-order valence-electron chi connectivity index (χ3n) is 5.36. The molecule has 1 N–H and O–H groups in total. The molecule has 1 aromatic heterocycles. The smallest absolute Gasteiger partial charge is 0.245 e. The molecule has 1 aromatic carbocycles. The largest absolute Gasteiger partial charge is 0.379 e. The zero-order chi connectivity index (χ0) is 18.7. The highest BCUT2D eigenvalue weighted by Gasteiger charge is 2.34. The fourth-order valence-corrected chi connectivity index (χ4v) is 5.67. The molecule has 0 spiro atoms. The van der Waals surface area contributed by atoms with Crippen molar-refractivity contribution in [3.05, 3.63) is 36.5 Å². The van der Waals surface area contributed by atoms with E-state index in [9.17, 15) is 8.42 Å². The Labute approximate surface area is 160 Å². The number of hydrogen-bond donors (Lipinski definition) is 1. The molecule has 0 bridgehead atoms. The lowest BCUT2D eigenvalue weighted by atomic mass is 10.2. The summed E-state index contributed by atoms with van der Waals surface area (Å²) in [5.74, 6) is 0. The third kappa shape index (κ3) is 4.00. The predicted octanol–water partition coefficient (Wildman–Crippen LogP) is 0.920. The van der Waals surface area contributed by atoms with E-state index in [1.54, 1.807) is 22.6 Å². The van der Waals surface area contributed by atoms with Crippen molar-refractivity contribution in [2.45, 2.75) is 17.4 Å². The molecule has 2 fully saturated rings. The van der Waals surface area contributed by atoms with Gasteiger partial charge in [0.25, 0.3) is 0 Å². The maximum absolute atomic E-state index is 13.6. The Bertz CT molecular complexity index is 872. The SMILES string of the molecule is O=S(=O)(c1cccc2cccnc12)N(CCN1CCOCC1)C1CCNC1. The van der Waals surface area contributed by atoms with Crippen molar-refractivity contribution in [1.82, 2.24) is 19.5 Å². The number of rotatable bonds is 6. The quantitative estimate of drug-likeness (QED) is 0.791. The molecule has 1 atom stereocenters. The minimum Gasteiger partial charge on any atom is -0.379 e. The van der Waals surface area contributed by atoms with Gasteiger partial charge in [-0.15, -0.1) is 0 Å². The van der Waals surface area contributed by atoms with Crippen LogP contribution in [0.5, 0.6) is 0 Å². The average Bonchev–Trinajstić information content (AvgIpc) is 3.22. The summed E-state index contributed by atoms with van der Waals surface area (Å²) in [6.07, 6.45) is 2.48. The minimum absolute atomic E-state index is 0.0185. The zero-order valence-corrected chi connectivity index (χ0v) is 16.2. The van der Waals surface area contributed by atoms with Crippen LogP contribution in [-0.2, 0) is 14.8 Å². The van der Waals surface area contributed by atoms with Gasteiger partial charge < -0.3 is 10.1 Å². The molecule has 8 heteroatoms. The van der Waals surface area contributed by atoms with Crippen LogP contribution in [0.3, 0.4) is 0 Å². The number of benzene rings is 1. The van der Waals surface area contributed by atoms with E-state index in [-0.39, 0.29) is 6.04 Å². The van der Waals surface area contributed by atoms with Gasteiger partial charge in [-0.1, -0.05) is 18.2 Å². The zero-order valence-electron chi connectivity index (χ0n) is 15.4. The second kappa shape index (κ2) is 8.20. The highest BCUT2D eigenvalue weighted by molar-refractivity contribution is 7.89. The molecule has 7 nitrogen and oxygen atoms in total. The first kappa shape index (κ1) is 18.8. The van der Waals surface area contributed by atoms with Crippen molar-refractivity contribution in [3.8, 4) is 0 Å². The summed E-state index contributed by atoms with van der Waals surface area (Å²) in [5.41, 5.74) is 0.544. The topological polar surface area (TPSA) is 74.8 Å². The summed E-state index contributed by atoms with van der Waals surface area (Å²) in [7, 11) is -3.64. The third-order valence-corrected chi connectivity index (χ3v) is 7.35. The lowest BCUT2D eigenvalue weighted by molar-refractivity contribution is 0.0355. The molecule has 0 radical (unpaired) electrons. The van der Waals surface area contributed by atoms with Crippen molar-refractivity contribution in [3.63, 3.8) is 0 Å². The summed E-state index contributed by atoms with van der Waals surface area (Å²) in [6, 6.07) is 9.08. The summed E-state index contributed by atoms with van der Waals surface area (Å²) in [6.45, 7) is 5.88. The van der Waals surface area contributed by atoms with E-state index in [1.807, 2.05) is 18.2 Å². The van der Waals surface area contributed by atoms with E-state index >= 15 is 0 Å². The number of pyridine rings is 1. The lowest BCUT2D eigenvalue weighted by Crippen LogP contribution is -2.47. The van der Waals surface area contributed by atoms with Crippen molar-refractivity contribution in [2.24, 2.45) is 0 Å². The Balaban J connectivity index is 1.64. The van der Waals surface area contributed by atoms with Gasteiger partial charge in [-0.05, 0) is 25.1 Å². The fraction of sp³-hybridized carbons (Fsp3) is 0.526. The number of morpholine rings is 1. The number of hydrogen-bond acceptors (Lipinski definition) is 6. The molecule has 0 aliphatic carbocycles. The van der Waals surface area contributed by atoms with Crippen LogP contribution in [0.4, 0.5) is 0 Å². The van der Waals surface area contributed by atoms with Crippen LogP contribution >= 0.6 is 0 Å². The number of nitrogens with zero attached hydrogens (tertiary/aromatic N) is 3. The van der Waals surface area contributed by atoms with Crippen LogP contribution in [-0.4, -0.2) is 81.1 Å². The lowest BCUT2D eigenvalue weighted by Gasteiger charge is -2.32. The van der Waals surface area contributed by atoms with Gasteiger partial charge in [0.2, 0.25) is 10.0 Å². The molecule has 2 saturated heterocycles. The van der Waals surface area contributed by atoms with Gasteiger partial charge in [-0.2, -0.15) is 4.31 Å². The van der Waals surface area contributed by atoms with Gasteiger partial charge in [0.15, 0.2) is 0 Å². The molecule has 0 amide bonds. The van der Waals surface area contributed by atoms with Crippen molar-refractivity contribution in [2.75, 3.05) is 52.5 Å². The molecule has 27 heavy (non-hydrogen) atoms. The molecule has 2 aliphatic rings. The van der Waals surface area contributed by atoms with Gasteiger partial charge in [-0.25, -0.2) is 8.42 Å². The second-order valence-electron chi connectivity index (χ2n) is 7.05. The van der Waals surface area contributed by atoms with Gasteiger partial charge >= 0.3 is 0 Å². The number of fused-ring (bicyclic) bond motifs is 1. The number of aromatic nitrogens is 1. The highest BCUT2D eigenvalue weighted by Crippen LogP contribution is 2.26. The van der Waals surface area contributed by atoms with Gasteiger partial charge in [0.1, 0.15) is 4.90 Å². The van der Waals surface area contributed by atoms with Gasteiger partial charge in [-0.3, -0.25) is 9.88 Å². The number of ether oxygens (including phenoxy) is 1. The Hall–Kier alpha value is -1.58. The summed E-state index contributed by atoms with van der Waals surface area (Å²) >= 11 is 0. The van der Waals surface area contributed by atoms with Crippen LogP contribution in [0.1, 0.15) is 6.42 Å². The molecular weight excluding hydrogens is 364 g/mol. The Morgan fingerprint density at radius 1 is 1.22 bits per heavy atom. The summed E-state index contributed by atoms with van der Waals surface area (Å²) < 4.78 is 34.3. The van der Waals surface area contributed by atoms with Crippen LogP contribution in [0.2, 0.25) is 0 Å². The van der Waals surface area contributed by atoms with E-state index in [2.05, 4.69) is 15.2 Å². The molecule has 3 heterocycles. The monoisotopic (exact) mass is 390 g/mol. The van der Waals surface area contributed by atoms with E-state index in [4.69, 9.17) is 4.74 Å². The first-order valence-electron chi connectivity index (χ1n) is 9.53. The van der Waals surface area contributed by atoms with E-state index < -0.39 is 10.0 Å². The van der Waals surface area contributed by atoms with Crippen LogP contribution in [0, 0.1) is 0 Å². The number of sulfonamides is 1. The van der Waals surface area contributed by atoms with E-state index in [0.29, 0.717) is 36.7 Å². The standard InChI is InChI=1S/C19H26N4O3S/c24-27(25,18-5-1-3-16-4-2-7-21-19(16)18)23(17-6-8-20-15-17)10-9-22-11-13-26-14-12-22/h1-5,7,17,20H,6,8-15H2. The fourth-order valence-electron chi connectivity index (χ4n) is 3.86. The molecule has 146 valence electrons. The molecule has 2 aliphatic heterocycles. The number of para-hydroxylation sites is 1. The van der Waals surface area contributed by atoms with Crippen LogP contribution in [0.25, 0.3) is 10.9 Å². The first-order valence-corrected chi connectivity index (χ1v) is 11.0. The molecule has 2 aromatic rings.